The predicted octanol–water partition coefficient (Wildman–Crippen LogP) is 4.42. The van der Waals surface area contributed by atoms with E-state index >= 15 is 0 Å². The van der Waals surface area contributed by atoms with Gasteiger partial charge in [0.1, 0.15) is 0 Å². The minimum atomic E-state index is -0.161. The molecule has 3 rings (SSSR count). The second kappa shape index (κ2) is 8.90. The number of ether oxygens (including phenoxy) is 1. The van der Waals surface area contributed by atoms with Gasteiger partial charge < -0.3 is 10.1 Å². The average Bonchev–Trinajstić information content (AvgIpc) is 3.13. The van der Waals surface area contributed by atoms with E-state index in [1.54, 1.807) is 12.4 Å². The van der Waals surface area contributed by atoms with E-state index in [1.807, 2.05) is 61.9 Å². The number of nitrogens with one attached hydrogen (secondary N) is 1. The lowest BCUT2D eigenvalue weighted by atomic mass is 10.0. The molecule has 2 heterocycles. The van der Waals surface area contributed by atoms with Crippen LogP contribution in [-0.2, 0) is 6.54 Å². The number of aryl methyl sites for hydroxylation is 1. The van der Waals surface area contributed by atoms with E-state index in [4.69, 9.17) is 4.74 Å². The molecule has 1 N–H and O–H groups in total. The van der Waals surface area contributed by atoms with Gasteiger partial charge in [-0.15, -0.1) is 0 Å². The fourth-order valence-electron chi connectivity index (χ4n) is 3.14. The van der Waals surface area contributed by atoms with Crippen LogP contribution < -0.4 is 10.1 Å². The zero-order valence-electron chi connectivity index (χ0n) is 17.6. The molecule has 3 aromatic rings. The Balaban J connectivity index is 1.82. The lowest BCUT2D eigenvalue weighted by Crippen LogP contribution is -2.25. The normalized spacial score (nSPS) is 11.1. The van der Waals surface area contributed by atoms with Gasteiger partial charge in [0.15, 0.2) is 0 Å². The largest absolute Gasteiger partial charge is 0.475 e. The Kier molecular flexibility index (Phi) is 6.32. The number of carbonyl (C=O) groups is 1. The van der Waals surface area contributed by atoms with E-state index in [-0.39, 0.29) is 17.9 Å². The fraction of sp³-hybridized carbons (Fsp3) is 0.348. The van der Waals surface area contributed by atoms with Crippen molar-refractivity contribution in [1.82, 2.24) is 20.1 Å². The third-order valence-electron chi connectivity index (χ3n) is 4.51. The monoisotopic (exact) mass is 392 g/mol. The highest BCUT2D eigenvalue weighted by Crippen LogP contribution is 2.24. The number of carbonyl (C=O) groups excluding carboxylic acids is 1. The molecule has 0 atom stereocenters. The maximum atomic E-state index is 12.9. The van der Waals surface area contributed by atoms with Crippen LogP contribution in [-0.4, -0.2) is 26.8 Å². The first-order chi connectivity index (χ1) is 13.9. The summed E-state index contributed by atoms with van der Waals surface area (Å²) in [5.41, 5.74) is 4.43. The molecule has 0 spiro atoms. The molecule has 0 radical (unpaired) electrons. The Hall–Kier alpha value is -3.15. The molecule has 152 valence electrons. The third kappa shape index (κ3) is 4.83. The first-order valence-electron chi connectivity index (χ1n) is 9.90. The maximum Gasteiger partial charge on any atom is 0.255 e. The van der Waals surface area contributed by atoms with E-state index in [1.165, 1.54) is 5.56 Å². The van der Waals surface area contributed by atoms with E-state index in [2.05, 4.69) is 29.2 Å². The van der Waals surface area contributed by atoms with Crippen LogP contribution in [0, 0.1) is 6.92 Å². The molecular formula is C23H28N4O2. The maximum absolute atomic E-state index is 12.9. The Labute approximate surface area is 171 Å². The summed E-state index contributed by atoms with van der Waals surface area (Å²) in [5, 5.41) is 7.47. The van der Waals surface area contributed by atoms with Crippen molar-refractivity contribution < 1.29 is 9.53 Å². The first-order valence-corrected chi connectivity index (χ1v) is 9.90. The van der Waals surface area contributed by atoms with E-state index in [9.17, 15) is 4.79 Å². The van der Waals surface area contributed by atoms with Crippen molar-refractivity contribution in [2.45, 2.75) is 53.2 Å². The summed E-state index contributed by atoms with van der Waals surface area (Å²) >= 11 is 0. The standard InChI is InChI=1S/C23H28N4O2/c1-15(2)21-20(14-26-27(21)19-10-8-17(5)9-11-19)22(28)25-13-18-7-6-12-24-23(18)29-16(3)4/h6-12,14-16H,13H2,1-5H3,(H,25,28). The van der Waals surface area contributed by atoms with Crippen LogP contribution in [0.3, 0.4) is 0 Å². The van der Waals surface area contributed by atoms with Crippen LogP contribution >= 0.6 is 0 Å². The van der Waals surface area contributed by atoms with E-state index in [0.717, 1.165) is 16.9 Å². The number of aromatic nitrogens is 3. The topological polar surface area (TPSA) is 69.0 Å². The molecule has 0 aliphatic heterocycles. The van der Waals surface area contributed by atoms with Gasteiger partial charge in [0, 0.05) is 18.3 Å². The molecular weight excluding hydrogens is 364 g/mol. The second-order valence-electron chi connectivity index (χ2n) is 7.66. The van der Waals surface area contributed by atoms with Crippen LogP contribution in [0.1, 0.15) is 60.8 Å². The molecule has 0 bridgehead atoms. The Bertz CT molecular complexity index is 975. The lowest BCUT2D eigenvalue weighted by Gasteiger charge is -2.15. The zero-order chi connectivity index (χ0) is 21.0. The molecule has 0 unspecified atom stereocenters. The van der Waals surface area contributed by atoms with E-state index < -0.39 is 0 Å². The lowest BCUT2D eigenvalue weighted by molar-refractivity contribution is 0.0949. The molecule has 2 aromatic heterocycles. The van der Waals surface area contributed by atoms with Crippen molar-refractivity contribution in [1.29, 1.82) is 0 Å². The Morgan fingerprint density at radius 1 is 1.14 bits per heavy atom. The van der Waals surface area contributed by atoms with Crippen molar-refractivity contribution >= 4 is 5.91 Å². The number of nitrogens with zero attached hydrogens (tertiary/aromatic N) is 3. The van der Waals surface area contributed by atoms with Crippen molar-refractivity contribution in [2.24, 2.45) is 0 Å². The first kappa shape index (κ1) is 20.6. The number of amides is 1. The number of pyridine rings is 1. The molecule has 6 nitrogen and oxygen atoms in total. The molecule has 0 aliphatic carbocycles. The molecule has 0 fully saturated rings. The van der Waals surface area contributed by atoms with Crippen LogP contribution in [0.4, 0.5) is 0 Å². The number of rotatable bonds is 7. The highest BCUT2D eigenvalue weighted by atomic mass is 16.5. The summed E-state index contributed by atoms with van der Waals surface area (Å²) in [6.45, 7) is 10.4. The molecule has 6 heteroatoms. The van der Waals surface area contributed by atoms with Crippen LogP contribution in [0.5, 0.6) is 5.88 Å². The number of hydrogen-bond acceptors (Lipinski definition) is 4. The summed E-state index contributed by atoms with van der Waals surface area (Å²) in [6, 6.07) is 11.9. The Morgan fingerprint density at radius 3 is 2.52 bits per heavy atom. The van der Waals surface area contributed by atoms with Crippen LogP contribution in [0.2, 0.25) is 0 Å². The van der Waals surface area contributed by atoms with Gasteiger partial charge in [-0.3, -0.25) is 4.79 Å². The Morgan fingerprint density at radius 2 is 1.86 bits per heavy atom. The van der Waals surface area contributed by atoms with Gasteiger partial charge >= 0.3 is 0 Å². The summed E-state index contributed by atoms with van der Waals surface area (Å²) in [7, 11) is 0. The van der Waals surface area contributed by atoms with Crippen molar-refractivity contribution in [3.8, 4) is 11.6 Å². The minimum Gasteiger partial charge on any atom is -0.475 e. The van der Waals surface area contributed by atoms with Crippen LogP contribution in [0.25, 0.3) is 5.69 Å². The van der Waals surface area contributed by atoms with Crippen molar-refractivity contribution in [3.63, 3.8) is 0 Å². The summed E-state index contributed by atoms with van der Waals surface area (Å²) in [4.78, 5) is 17.2. The summed E-state index contributed by atoms with van der Waals surface area (Å²) < 4.78 is 7.58. The molecule has 0 saturated heterocycles. The smallest absolute Gasteiger partial charge is 0.255 e. The number of hydrogen-bond donors (Lipinski definition) is 1. The molecule has 1 amide bonds. The van der Waals surface area contributed by atoms with Gasteiger partial charge in [-0.2, -0.15) is 5.10 Å². The van der Waals surface area contributed by atoms with Crippen molar-refractivity contribution in [3.05, 3.63) is 71.2 Å². The number of benzene rings is 1. The van der Waals surface area contributed by atoms with Gasteiger partial charge in [0.05, 0.1) is 29.2 Å². The second-order valence-corrected chi connectivity index (χ2v) is 7.66. The quantitative estimate of drug-likeness (QED) is 0.646. The molecule has 29 heavy (non-hydrogen) atoms. The van der Waals surface area contributed by atoms with Crippen molar-refractivity contribution in [2.75, 3.05) is 0 Å². The highest BCUT2D eigenvalue weighted by Gasteiger charge is 2.21. The summed E-state index contributed by atoms with van der Waals surface area (Å²) in [6.07, 6.45) is 3.34. The average molecular weight is 393 g/mol. The predicted molar refractivity (Wildman–Crippen MR) is 114 cm³/mol. The SMILES string of the molecule is Cc1ccc(-n2ncc(C(=O)NCc3cccnc3OC(C)C)c2C(C)C)cc1. The van der Waals surface area contributed by atoms with Gasteiger partial charge in [0.2, 0.25) is 5.88 Å². The fourth-order valence-corrected chi connectivity index (χ4v) is 3.14. The highest BCUT2D eigenvalue weighted by molar-refractivity contribution is 5.95. The van der Waals surface area contributed by atoms with Gasteiger partial charge in [0.25, 0.3) is 5.91 Å². The third-order valence-corrected chi connectivity index (χ3v) is 4.51. The zero-order valence-corrected chi connectivity index (χ0v) is 17.6. The van der Waals surface area contributed by atoms with Crippen LogP contribution in [0.15, 0.2) is 48.8 Å². The summed E-state index contributed by atoms with van der Waals surface area (Å²) in [5.74, 6) is 0.520. The van der Waals surface area contributed by atoms with Gasteiger partial charge in [-0.25, -0.2) is 9.67 Å². The molecule has 1 aromatic carbocycles. The van der Waals surface area contributed by atoms with Gasteiger partial charge in [-0.05, 0) is 44.9 Å². The van der Waals surface area contributed by atoms with E-state index in [0.29, 0.717) is 18.0 Å². The minimum absolute atomic E-state index is 0.0136. The van der Waals surface area contributed by atoms with Gasteiger partial charge in [-0.1, -0.05) is 37.6 Å². The molecule has 0 aliphatic rings. The molecule has 0 saturated carbocycles.